The molecule has 114 valence electrons. The van der Waals surface area contributed by atoms with Crippen molar-refractivity contribution in [2.45, 2.75) is 51.7 Å². The molecule has 2 rings (SSSR count). The quantitative estimate of drug-likeness (QED) is 0.755. The summed E-state index contributed by atoms with van der Waals surface area (Å²) in [6.45, 7) is 6.90. The van der Waals surface area contributed by atoms with Gasteiger partial charge in [-0.3, -0.25) is 9.59 Å². The van der Waals surface area contributed by atoms with Gasteiger partial charge in [0.15, 0.2) is 0 Å². The number of hydrogen-bond acceptors (Lipinski definition) is 4. The van der Waals surface area contributed by atoms with Gasteiger partial charge in [-0.05, 0) is 18.3 Å². The fourth-order valence-electron chi connectivity index (χ4n) is 2.16. The fourth-order valence-corrected chi connectivity index (χ4v) is 2.16. The summed E-state index contributed by atoms with van der Waals surface area (Å²) in [6.07, 6.45) is 2.05. The van der Waals surface area contributed by atoms with E-state index in [1.165, 1.54) is 0 Å². The van der Waals surface area contributed by atoms with Gasteiger partial charge in [0.25, 0.3) is 0 Å². The molecule has 0 spiro atoms. The first kappa shape index (κ1) is 15.3. The van der Waals surface area contributed by atoms with Crippen LogP contribution in [-0.2, 0) is 14.3 Å². The molecule has 1 saturated heterocycles. The van der Waals surface area contributed by atoms with Crippen LogP contribution in [0.4, 0.5) is 0 Å². The van der Waals surface area contributed by atoms with Crippen LogP contribution >= 0.6 is 0 Å². The molecule has 0 radical (unpaired) electrons. The van der Waals surface area contributed by atoms with Crippen LogP contribution in [0, 0.1) is 5.41 Å². The molecule has 2 aliphatic rings. The maximum atomic E-state index is 12.5. The highest BCUT2D eigenvalue weighted by Gasteiger charge is 2.39. The number of hydrogen-bond donors (Lipinski definition) is 2. The molecule has 2 atom stereocenters. The third kappa shape index (κ3) is 3.49. The van der Waals surface area contributed by atoms with E-state index in [1.807, 2.05) is 20.8 Å². The van der Waals surface area contributed by atoms with Gasteiger partial charge >= 0.3 is 0 Å². The van der Waals surface area contributed by atoms with Crippen LogP contribution in [-0.4, -0.2) is 54.6 Å². The van der Waals surface area contributed by atoms with E-state index in [0.29, 0.717) is 13.2 Å². The largest absolute Gasteiger partial charge is 0.377 e. The Labute approximate surface area is 120 Å². The van der Waals surface area contributed by atoms with Crippen molar-refractivity contribution in [2.24, 2.45) is 11.1 Å². The Kier molecular flexibility index (Phi) is 4.34. The lowest BCUT2D eigenvalue weighted by atomic mass is 9.86. The Bertz CT molecular complexity index is 388. The minimum absolute atomic E-state index is 0.123. The van der Waals surface area contributed by atoms with Crippen molar-refractivity contribution in [3.8, 4) is 0 Å². The van der Waals surface area contributed by atoms with Crippen molar-refractivity contribution >= 4 is 11.8 Å². The summed E-state index contributed by atoms with van der Waals surface area (Å²) in [5, 5.41) is 2.93. The van der Waals surface area contributed by atoms with Crippen LogP contribution in [0.3, 0.4) is 0 Å². The summed E-state index contributed by atoms with van der Waals surface area (Å²) in [7, 11) is 0. The Hall–Kier alpha value is -1.14. The van der Waals surface area contributed by atoms with Gasteiger partial charge in [-0.2, -0.15) is 0 Å². The predicted molar refractivity (Wildman–Crippen MR) is 74.9 cm³/mol. The number of rotatable bonds is 3. The van der Waals surface area contributed by atoms with Gasteiger partial charge in [0.05, 0.1) is 19.3 Å². The average Bonchev–Trinajstić information content (AvgIpc) is 3.19. The standard InChI is InChI=1S/C14H25N3O3/c1-14(2,3)11(15)13(19)17-6-7-20-8-10(17)12(18)16-9-4-5-9/h9-11H,4-8,15H2,1-3H3,(H,16,18). The van der Waals surface area contributed by atoms with Gasteiger partial charge in [0.1, 0.15) is 6.04 Å². The number of nitrogens with zero attached hydrogens (tertiary/aromatic N) is 1. The highest BCUT2D eigenvalue weighted by atomic mass is 16.5. The van der Waals surface area contributed by atoms with E-state index < -0.39 is 12.1 Å². The summed E-state index contributed by atoms with van der Waals surface area (Å²) < 4.78 is 5.36. The second-order valence-corrected chi connectivity index (χ2v) is 6.75. The summed E-state index contributed by atoms with van der Waals surface area (Å²) >= 11 is 0. The van der Waals surface area contributed by atoms with Crippen LogP contribution in [0.5, 0.6) is 0 Å². The topological polar surface area (TPSA) is 84.7 Å². The zero-order valence-corrected chi connectivity index (χ0v) is 12.5. The zero-order chi connectivity index (χ0) is 14.9. The molecule has 2 fully saturated rings. The Morgan fingerprint density at radius 3 is 2.55 bits per heavy atom. The van der Waals surface area contributed by atoms with Crippen LogP contribution in [0.25, 0.3) is 0 Å². The number of ether oxygens (including phenoxy) is 1. The van der Waals surface area contributed by atoms with Crippen molar-refractivity contribution < 1.29 is 14.3 Å². The molecule has 2 unspecified atom stereocenters. The van der Waals surface area contributed by atoms with Gasteiger partial charge in [-0.25, -0.2) is 0 Å². The van der Waals surface area contributed by atoms with E-state index in [1.54, 1.807) is 4.90 Å². The normalized spacial score (nSPS) is 25.2. The molecule has 1 saturated carbocycles. The minimum atomic E-state index is -0.614. The lowest BCUT2D eigenvalue weighted by Crippen LogP contribution is -2.61. The number of morpholine rings is 1. The summed E-state index contributed by atoms with van der Waals surface area (Å²) in [5.74, 6) is -0.293. The smallest absolute Gasteiger partial charge is 0.245 e. The van der Waals surface area contributed by atoms with E-state index in [4.69, 9.17) is 10.5 Å². The van der Waals surface area contributed by atoms with E-state index >= 15 is 0 Å². The number of nitrogens with one attached hydrogen (secondary N) is 1. The monoisotopic (exact) mass is 283 g/mol. The summed E-state index contributed by atoms with van der Waals surface area (Å²) in [4.78, 5) is 26.3. The molecule has 0 bridgehead atoms. The first-order valence-electron chi connectivity index (χ1n) is 7.25. The van der Waals surface area contributed by atoms with E-state index in [0.717, 1.165) is 12.8 Å². The lowest BCUT2D eigenvalue weighted by Gasteiger charge is -2.38. The van der Waals surface area contributed by atoms with Crippen molar-refractivity contribution in [1.82, 2.24) is 10.2 Å². The van der Waals surface area contributed by atoms with E-state index in [9.17, 15) is 9.59 Å². The predicted octanol–water partition coefficient (Wildman–Crippen LogP) is -0.134. The Balaban J connectivity index is 2.05. The number of amides is 2. The van der Waals surface area contributed by atoms with Crippen LogP contribution in [0.2, 0.25) is 0 Å². The van der Waals surface area contributed by atoms with E-state index in [2.05, 4.69) is 5.32 Å². The SMILES string of the molecule is CC(C)(C)C(N)C(=O)N1CCOCC1C(=O)NC1CC1. The molecule has 20 heavy (non-hydrogen) atoms. The first-order valence-corrected chi connectivity index (χ1v) is 7.25. The molecule has 6 heteroatoms. The molecule has 0 aromatic rings. The van der Waals surface area contributed by atoms with Crippen LogP contribution in [0.15, 0.2) is 0 Å². The molecule has 0 aromatic heterocycles. The maximum absolute atomic E-state index is 12.5. The second kappa shape index (κ2) is 5.69. The third-order valence-electron chi connectivity index (χ3n) is 3.84. The first-order chi connectivity index (χ1) is 9.30. The van der Waals surface area contributed by atoms with Crippen LogP contribution < -0.4 is 11.1 Å². The van der Waals surface area contributed by atoms with Crippen molar-refractivity contribution in [3.05, 3.63) is 0 Å². The highest BCUT2D eigenvalue weighted by Crippen LogP contribution is 2.22. The maximum Gasteiger partial charge on any atom is 0.245 e. The summed E-state index contributed by atoms with van der Waals surface area (Å²) in [6, 6.07) is -0.889. The van der Waals surface area contributed by atoms with E-state index in [-0.39, 0.29) is 29.9 Å². The van der Waals surface area contributed by atoms with Crippen LogP contribution in [0.1, 0.15) is 33.6 Å². The zero-order valence-electron chi connectivity index (χ0n) is 12.5. The number of carbonyl (C=O) groups excluding carboxylic acids is 2. The molecule has 3 N–H and O–H groups in total. The van der Waals surface area contributed by atoms with Gasteiger partial charge in [-0.15, -0.1) is 0 Å². The number of nitrogens with two attached hydrogens (primary N) is 1. The van der Waals surface area contributed by atoms with Gasteiger partial charge in [0.2, 0.25) is 11.8 Å². The molecular formula is C14H25N3O3. The van der Waals surface area contributed by atoms with Crippen molar-refractivity contribution in [2.75, 3.05) is 19.8 Å². The average molecular weight is 283 g/mol. The molecule has 2 amide bonds. The Morgan fingerprint density at radius 2 is 2.00 bits per heavy atom. The second-order valence-electron chi connectivity index (χ2n) is 6.75. The molecule has 6 nitrogen and oxygen atoms in total. The third-order valence-corrected chi connectivity index (χ3v) is 3.84. The molecule has 1 aliphatic carbocycles. The van der Waals surface area contributed by atoms with Crippen molar-refractivity contribution in [3.63, 3.8) is 0 Å². The number of carbonyl (C=O) groups is 2. The molecule has 1 aliphatic heterocycles. The molecule has 0 aromatic carbocycles. The summed E-state index contributed by atoms with van der Waals surface area (Å²) in [5.41, 5.74) is 5.71. The highest BCUT2D eigenvalue weighted by molar-refractivity contribution is 5.90. The molecule has 1 heterocycles. The van der Waals surface area contributed by atoms with Gasteiger partial charge < -0.3 is 20.7 Å². The Morgan fingerprint density at radius 1 is 1.35 bits per heavy atom. The molecular weight excluding hydrogens is 258 g/mol. The van der Waals surface area contributed by atoms with Gasteiger partial charge in [0, 0.05) is 12.6 Å². The minimum Gasteiger partial charge on any atom is -0.377 e. The van der Waals surface area contributed by atoms with Crippen molar-refractivity contribution in [1.29, 1.82) is 0 Å². The van der Waals surface area contributed by atoms with Gasteiger partial charge in [-0.1, -0.05) is 20.8 Å². The lowest BCUT2D eigenvalue weighted by molar-refractivity contribution is -0.151. The fraction of sp³-hybridized carbons (Fsp3) is 0.857.